The Hall–Kier alpha value is -5.19. The van der Waals surface area contributed by atoms with Crippen molar-refractivity contribution in [1.82, 2.24) is 14.4 Å². The normalized spacial score (nSPS) is 22.0. The average Bonchev–Trinajstić information content (AvgIpc) is 3.82. The molecule has 0 spiro atoms. The number of nitrogens with zero attached hydrogens (tertiary/aromatic N) is 3. The standard InChI is InChI=1S/C42H47F4N5O7/c1-41(2,3)56-22-55-21-49-19-27(45)16-34(49)37(52)47-29-8-10-32-23(13-29)14-33-31-9-7-30(18-36(31)57-39(51(32)33)24-11-25(43)15-26(44)12-24)48-38(53)35-17-28(46)20-50(35)40(54)58-42(4,5)6/h7-15,18,27-28,34-35,39H,16-17,19-22H2,1-6H3,(H,47,52)(H,48,53)/t27-,28+,34-,35-,39?/m0/s1. The number of rotatable bonds is 9. The predicted molar refractivity (Wildman–Crippen MR) is 208 cm³/mol. The number of nitrogens with one attached hydrogen (secondary N) is 2. The van der Waals surface area contributed by atoms with Crippen LogP contribution in [0.3, 0.4) is 0 Å². The van der Waals surface area contributed by atoms with Crippen molar-refractivity contribution < 1.29 is 50.9 Å². The van der Waals surface area contributed by atoms with E-state index in [2.05, 4.69) is 10.6 Å². The fraction of sp³-hybridized carbons (Fsp3) is 0.452. The van der Waals surface area contributed by atoms with Crippen molar-refractivity contribution in [2.45, 2.75) is 96.2 Å². The van der Waals surface area contributed by atoms with E-state index in [0.717, 1.165) is 23.1 Å². The van der Waals surface area contributed by atoms with Gasteiger partial charge in [-0.3, -0.25) is 19.4 Å². The molecule has 4 heterocycles. The van der Waals surface area contributed by atoms with E-state index in [4.69, 9.17) is 18.9 Å². The zero-order chi connectivity index (χ0) is 41.7. The number of halogens is 4. The number of benzene rings is 3. The van der Waals surface area contributed by atoms with Crippen molar-refractivity contribution in [3.63, 3.8) is 0 Å². The Balaban J connectivity index is 1.15. The van der Waals surface area contributed by atoms with E-state index in [0.29, 0.717) is 27.8 Å². The van der Waals surface area contributed by atoms with Crippen LogP contribution in [0.1, 0.15) is 66.2 Å². The van der Waals surface area contributed by atoms with Crippen LogP contribution in [0, 0.1) is 11.6 Å². The summed E-state index contributed by atoms with van der Waals surface area (Å²) in [5, 5.41) is 6.31. The largest absolute Gasteiger partial charge is 0.465 e. The van der Waals surface area contributed by atoms with E-state index < -0.39 is 71.4 Å². The maximum Gasteiger partial charge on any atom is 0.411 e. The van der Waals surface area contributed by atoms with Gasteiger partial charge in [0.1, 0.15) is 54.9 Å². The summed E-state index contributed by atoms with van der Waals surface area (Å²) in [5.74, 6) is -2.39. The monoisotopic (exact) mass is 809 g/mol. The van der Waals surface area contributed by atoms with Gasteiger partial charge in [-0.05, 0) is 90.1 Å². The molecular formula is C42H47F4N5O7. The molecule has 1 unspecified atom stereocenters. The fourth-order valence-corrected chi connectivity index (χ4v) is 7.43. The SMILES string of the molecule is CC(C)(C)OCOCN1C[C@@H](F)C[C@H]1C(=O)Nc1ccc2c(c1)cc1n2C(c2cc(F)cc(F)c2)Oc2cc(NC(=O)[C@@H]3C[C@@H](F)CN3C(=O)OC(C)(C)C)ccc2-1. The molecule has 16 heteroatoms. The molecule has 4 aromatic rings. The molecule has 3 aromatic carbocycles. The first-order chi connectivity index (χ1) is 27.3. The smallest absolute Gasteiger partial charge is 0.411 e. The van der Waals surface area contributed by atoms with Gasteiger partial charge >= 0.3 is 6.09 Å². The summed E-state index contributed by atoms with van der Waals surface area (Å²) < 4.78 is 83.2. The molecular weight excluding hydrogens is 762 g/mol. The highest BCUT2D eigenvalue weighted by Gasteiger charge is 2.42. The Labute approximate surface area is 333 Å². The van der Waals surface area contributed by atoms with Gasteiger partial charge in [-0.2, -0.15) is 0 Å². The molecule has 5 atom stereocenters. The Kier molecular flexibility index (Phi) is 11.2. The fourth-order valence-electron chi connectivity index (χ4n) is 7.43. The summed E-state index contributed by atoms with van der Waals surface area (Å²) in [7, 11) is 0. The maximum atomic E-state index is 14.6. The van der Waals surface area contributed by atoms with Crippen LogP contribution in [0.25, 0.3) is 22.2 Å². The molecule has 3 aliphatic rings. The van der Waals surface area contributed by atoms with Gasteiger partial charge in [0.2, 0.25) is 18.0 Å². The van der Waals surface area contributed by atoms with Crippen LogP contribution in [-0.2, 0) is 23.8 Å². The lowest BCUT2D eigenvalue weighted by Crippen LogP contribution is -2.45. The van der Waals surface area contributed by atoms with Crippen LogP contribution in [0.15, 0.2) is 60.7 Å². The summed E-state index contributed by atoms with van der Waals surface area (Å²) in [4.78, 5) is 42.5. The van der Waals surface area contributed by atoms with Crippen LogP contribution < -0.4 is 15.4 Å². The highest BCUT2D eigenvalue weighted by Crippen LogP contribution is 2.46. The quantitative estimate of drug-likeness (QED) is 0.0994. The van der Waals surface area contributed by atoms with Crippen LogP contribution in [0.2, 0.25) is 0 Å². The Morgan fingerprint density at radius 1 is 0.793 bits per heavy atom. The first kappa shape index (κ1) is 41.0. The minimum atomic E-state index is -1.42. The average molecular weight is 810 g/mol. The summed E-state index contributed by atoms with van der Waals surface area (Å²) in [6, 6.07) is 13.1. The van der Waals surface area contributed by atoms with Crippen molar-refractivity contribution in [3.05, 3.63) is 77.9 Å². The van der Waals surface area contributed by atoms with Crippen molar-refractivity contribution in [3.8, 4) is 17.0 Å². The highest BCUT2D eigenvalue weighted by molar-refractivity contribution is 6.00. The molecule has 3 amide bonds. The summed E-state index contributed by atoms with van der Waals surface area (Å²) in [6.07, 6.45) is -4.71. The van der Waals surface area contributed by atoms with Crippen LogP contribution in [0.4, 0.5) is 33.7 Å². The molecule has 0 radical (unpaired) electrons. The number of amides is 3. The van der Waals surface area contributed by atoms with Gasteiger partial charge < -0.3 is 34.1 Å². The number of hydrogen-bond acceptors (Lipinski definition) is 8. The molecule has 0 saturated carbocycles. The highest BCUT2D eigenvalue weighted by atomic mass is 19.1. The number of aromatic nitrogens is 1. The first-order valence-corrected chi connectivity index (χ1v) is 19.1. The zero-order valence-corrected chi connectivity index (χ0v) is 33.1. The van der Waals surface area contributed by atoms with E-state index in [-0.39, 0.29) is 56.5 Å². The number of fused-ring (bicyclic) bond motifs is 5. The second kappa shape index (κ2) is 15.9. The first-order valence-electron chi connectivity index (χ1n) is 19.1. The number of carbonyl (C=O) groups excluding carboxylic acids is 3. The number of likely N-dealkylation sites (tertiary alicyclic amines) is 2. The van der Waals surface area contributed by atoms with Crippen LogP contribution >= 0.6 is 0 Å². The molecule has 310 valence electrons. The van der Waals surface area contributed by atoms with Gasteiger partial charge in [-0.25, -0.2) is 22.4 Å². The zero-order valence-electron chi connectivity index (χ0n) is 33.1. The third kappa shape index (κ3) is 9.08. The van der Waals surface area contributed by atoms with Crippen molar-refractivity contribution in [1.29, 1.82) is 0 Å². The Morgan fingerprint density at radius 2 is 1.43 bits per heavy atom. The Bertz CT molecular complexity index is 2200. The minimum Gasteiger partial charge on any atom is -0.465 e. The third-order valence-electron chi connectivity index (χ3n) is 9.94. The van der Waals surface area contributed by atoms with E-state index in [1.807, 2.05) is 26.8 Å². The molecule has 3 aliphatic heterocycles. The minimum absolute atomic E-state index is 0.000443. The summed E-state index contributed by atoms with van der Waals surface area (Å²) >= 11 is 0. The number of hydrogen-bond donors (Lipinski definition) is 2. The maximum absolute atomic E-state index is 14.6. The Morgan fingerprint density at radius 3 is 2.12 bits per heavy atom. The van der Waals surface area contributed by atoms with Gasteiger partial charge in [0.05, 0.1) is 29.4 Å². The van der Waals surface area contributed by atoms with Gasteiger partial charge in [0, 0.05) is 59.4 Å². The van der Waals surface area contributed by atoms with E-state index >= 15 is 0 Å². The number of anilines is 2. The predicted octanol–water partition coefficient (Wildman–Crippen LogP) is 7.91. The van der Waals surface area contributed by atoms with Crippen molar-refractivity contribution in [2.75, 3.05) is 37.2 Å². The molecule has 1 aromatic heterocycles. The van der Waals surface area contributed by atoms with Crippen LogP contribution in [-0.4, -0.2) is 94.5 Å². The van der Waals surface area contributed by atoms with Crippen molar-refractivity contribution >= 4 is 40.2 Å². The van der Waals surface area contributed by atoms with E-state index in [1.165, 1.54) is 0 Å². The molecule has 2 saturated heterocycles. The topological polar surface area (TPSA) is 124 Å². The summed E-state index contributed by atoms with van der Waals surface area (Å²) in [5.41, 5.74) is 1.42. The van der Waals surface area contributed by atoms with Crippen LogP contribution in [0.5, 0.6) is 5.75 Å². The lowest BCUT2D eigenvalue weighted by atomic mass is 10.1. The van der Waals surface area contributed by atoms with Gasteiger partial charge in [0.25, 0.3) is 0 Å². The van der Waals surface area contributed by atoms with Gasteiger partial charge in [-0.1, -0.05) is 0 Å². The molecule has 0 bridgehead atoms. The number of ether oxygens (including phenoxy) is 4. The van der Waals surface area contributed by atoms with E-state index in [9.17, 15) is 31.9 Å². The van der Waals surface area contributed by atoms with Gasteiger partial charge in [-0.15, -0.1) is 0 Å². The summed E-state index contributed by atoms with van der Waals surface area (Å²) in [6.45, 7) is 10.4. The molecule has 0 aliphatic carbocycles. The van der Waals surface area contributed by atoms with Gasteiger partial charge in [0.15, 0.2) is 0 Å². The van der Waals surface area contributed by atoms with E-state index in [1.54, 1.807) is 66.6 Å². The molecule has 2 N–H and O–H groups in total. The lowest BCUT2D eigenvalue weighted by Gasteiger charge is -2.31. The lowest BCUT2D eigenvalue weighted by molar-refractivity contribution is -0.146. The molecule has 2 fully saturated rings. The molecule has 58 heavy (non-hydrogen) atoms. The number of alkyl halides is 2. The molecule has 12 nitrogen and oxygen atoms in total. The van der Waals surface area contributed by atoms with Crippen molar-refractivity contribution in [2.24, 2.45) is 0 Å². The second-order valence-corrected chi connectivity index (χ2v) is 16.8. The number of carbonyl (C=O) groups is 3. The molecule has 7 rings (SSSR count). The third-order valence-corrected chi connectivity index (χ3v) is 9.94. The second-order valence-electron chi connectivity index (χ2n) is 16.8.